The summed E-state index contributed by atoms with van der Waals surface area (Å²) in [5.74, 6) is -0.161. The number of para-hydroxylation sites is 1. The molecule has 2 amide bonds. The average molecular weight is 422 g/mol. The lowest BCUT2D eigenvalue weighted by Crippen LogP contribution is -2.39. The van der Waals surface area contributed by atoms with Gasteiger partial charge in [-0.1, -0.05) is 66.7 Å². The number of benzene rings is 3. The summed E-state index contributed by atoms with van der Waals surface area (Å²) in [5.41, 5.74) is 4.77. The van der Waals surface area contributed by atoms with Gasteiger partial charge in [-0.05, 0) is 24.3 Å². The number of aromatic nitrogens is 2. The minimum atomic E-state index is -0.164. The van der Waals surface area contributed by atoms with Crippen molar-refractivity contribution in [3.8, 4) is 11.3 Å². The van der Waals surface area contributed by atoms with Crippen molar-refractivity contribution in [2.45, 2.75) is 13.0 Å². The van der Waals surface area contributed by atoms with Crippen LogP contribution in [-0.4, -0.2) is 33.2 Å². The maximum absolute atomic E-state index is 13.2. The molecule has 0 spiro atoms. The number of nitrogens with zero attached hydrogens (tertiary/aromatic N) is 3. The third-order valence-corrected chi connectivity index (χ3v) is 5.63. The summed E-state index contributed by atoms with van der Waals surface area (Å²) in [6.07, 6.45) is 0.552. The highest BCUT2D eigenvalue weighted by atomic mass is 16.2. The molecule has 1 aromatic heterocycles. The van der Waals surface area contributed by atoms with E-state index >= 15 is 0 Å². The highest BCUT2D eigenvalue weighted by molar-refractivity contribution is 5.96. The van der Waals surface area contributed by atoms with Gasteiger partial charge in [0.05, 0.1) is 17.9 Å². The first-order valence-electron chi connectivity index (χ1n) is 10.6. The summed E-state index contributed by atoms with van der Waals surface area (Å²) in [7, 11) is 0. The Morgan fingerprint density at radius 2 is 1.44 bits per heavy atom. The van der Waals surface area contributed by atoms with E-state index in [1.165, 1.54) is 4.68 Å². The van der Waals surface area contributed by atoms with E-state index in [1.807, 2.05) is 78.9 Å². The number of amides is 2. The Morgan fingerprint density at radius 1 is 0.812 bits per heavy atom. The molecule has 0 saturated carbocycles. The van der Waals surface area contributed by atoms with E-state index in [0.717, 1.165) is 28.2 Å². The second kappa shape index (κ2) is 8.51. The number of carbonyl (C=O) groups is 2. The molecule has 5 rings (SSSR count). The summed E-state index contributed by atoms with van der Waals surface area (Å²) >= 11 is 0. The standard InChI is InChI=1S/C26H22N4O2/c31-25(20-12-6-2-7-13-20)30-23-16-17-29(26(32)27-21-14-8-3-9-15-21)18-22(23)24(28-30)19-10-4-1-5-11-19/h1-15H,16-18H2,(H,27,32). The zero-order valence-electron chi connectivity index (χ0n) is 17.4. The van der Waals surface area contributed by atoms with Crippen LogP contribution in [0, 0.1) is 0 Å². The Kier molecular flexibility index (Phi) is 5.25. The van der Waals surface area contributed by atoms with Gasteiger partial charge < -0.3 is 10.2 Å². The number of nitrogens with one attached hydrogen (secondary N) is 1. The van der Waals surface area contributed by atoms with Crippen LogP contribution in [0.25, 0.3) is 11.3 Å². The van der Waals surface area contributed by atoms with E-state index in [1.54, 1.807) is 17.0 Å². The number of rotatable bonds is 3. The molecule has 1 aliphatic rings. The first-order chi connectivity index (χ1) is 15.7. The molecule has 0 bridgehead atoms. The van der Waals surface area contributed by atoms with Gasteiger partial charge in [0.2, 0.25) is 0 Å². The Labute approximate surface area is 186 Å². The van der Waals surface area contributed by atoms with Gasteiger partial charge in [-0.15, -0.1) is 0 Å². The third-order valence-electron chi connectivity index (χ3n) is 5.63. The van der Waals surface area contributed by atoms with E-state index in [2.05, 4.69) is 5.32 Å². The summed E-state index contributed by atoms with van der Waals surface area (Å²) in [6, 6.07) is 28.2. The lowest BCUT2D eigenvalue weighted by atomic mass is 10.0. The van der Waals surface area contributed by atoms with Crippen LogP contribution in [-0.2, 0) is 13.0 Å². The lowest BCUT2D eigenvalue weighted by molar-refractivity contribution is 0.0940. The van der Waals surface area contributed by atoms with Gasteiger partial charge in [0.1, 0.15) is 0 Å². The van der Waals surface area contributed by atoms with Crippen molar-refractivity contribution < 1.29 is 9.59 Å². The fourth-order valence-corrected chi connectivity index (χ4v) is 4.02. The molecule has 0 unspecified atom stereocenters. The van der Waals surface area contributed by atoms with E-state index < -0.39 is 0 Å². The molecule has 0 aliphatic carbocycles. The van der Waals surface area contributed by atoms with Gasteiger partial charge in [0.25, 0.3) is 5.91 Å². The van der Waals surface area contributed by atoms with Crippen molar-refractivity contribution in [3.05, 3.63) is 108 Å². The predicted molar refractivity (Wildman–Crippen MR) is 123 cm³/mol. The number of hydrogen-bond acceptors (Lipinski definition) is 3. The summed E-state index contributed by atoms with van der Waals surface area (Å²) < 4.78 is 1.51. The molecule has 3 aromatic carbocycles. The maximum Gasteiger partial charge on any atom is 0.322 e. The number of fused-ring (bicyclic) bond motifs is 1. The van der Waals surface area contributed by atoms with E-state index in [4.69, 9.17) is 5.10 Å². The largest absolute Gasteiger partial charge is 0.322 e. The van der Waals surface area contributed by atoms with Crippen molar-refractivity contribution >= 4 is 17.6 Å². The van der Waals surface area contributed by atoms with Crippen molar-refractivity contribution in [2.75, 3.05) is 11.9 Å². The third kappa shape index (κ3) is 3.78. The molecule has 1 aliphatic heterocycles. The SMILES string of the molecule is O=C(Nc1ccccc1)N1CCc2c(c(-c3ccccc3)nn2C(=O)c2ccccc2)C1. The van der Waals surface area contributed by atoms with Crippen LogP contribution in [0.2, 0.25) is 0 Å². The molecule has 1 N–H and O–H groups in total. The molecule has 0 radical (unpaired) electrons. The van der Waals surface area contributed by atoms with Gasteiger partial charge in [0.15, 0.2) is 0 Å². The van der Waals surface area contributed by atoms with E-state index in [-0.39, 0.29) is 11.9 Å². The van der Waals surface area contributed by atoms with Gasteiger partial charge >= 0.3 is 6.03 Å². The van der Waals surface area contributed by atoms with Gasteiger partial charge in [-0.2, -0.15) is 9.78 Å². The smallest absolute Gasteiger partial charge is 0.320 e. The summed E-state index contributed by atoms with van der Waals surface area (Å²) in [6.45, 7) is 0.897. The number of hydrogen-bond donors (Lipinski definition) is 1. The fourth-order valence-electron chi connectivity index (χ4n) is 4.02. The normalized spacial score (nSPS) is 12.8. The van der Waals surface area contributed by atoms with Crippen LogP contribution in [0.4, 0.5) is 10.5 Å². The number of anilines is 1. The molecule has 2 heterocycles. The fraction of sp³-hybridized carbons (Fsp3) is 0.115. The quantitative estimate of drug-likeness (QED) is 0.514. The first-order valence-corrected chi connectivity index (χ1v) is 10.6. The molecule has 4 aromatic rings. The average Bonchev–Trinajstić information content (AvgIpc) is 3.24. The van der Waals surface area contributed by atoms with Crippen molar-refractivity contribution in [2.24, 2.45) is 0 Å². The first kappa shape index (κ1) is 19.8. The Balaban J connectivity index is 1.50. The summed E-state index contributed by atoms with van der Waals surface area (Å²) in [4.78, 5) is 27.9. The van der Waals surface area contributed by atoms with Crippen LogP contribution < -0.4 is 5.32 Å². The molecular formula is C26H22N4O2. The van der Waals surface area contributed by atoms with Crippen LogP contribution in [0.3, 0.4) is 0 Å². The summed E-state index contributed by atoms with van der Waals surface area (Å²) in [5, 5.41) is 7.67. The lowest BCUT2D eigenvalue weighted by Gasteiger charge is -2.28. The molecule has 32 heavy (non-hydrogen) atoms. The zero-order chi connectivity index (χ0) is 21.9. The molecular weight excluding hydrogens is 400 g/mol. The number of urea groups is 1. The monoisotopic (exact) mass is 422 g/mol. The maximum atomic E-state index is 13.2. The van der Waals surface area contributed by atoms with Crippen LogP contribution in [0.15, 0.2) is 91.0 Å². The highest BCUT2D eigenvalue weighted by Crippen LogP contribution is 2.31. The van der Waals surface area contributed by atoms with Crippen LogP contribution >= 0.6 is 0 Å². The van der Waals surface area contributed by atoms with E-state index in [0.29, 0.717) is 25.1 Å². The van der Waals surface area contributed by atoms with Gasteiger partial charge in [0, 0.05) is 35.3 Å². The van der Waals surface area contributed by atoms with Crippen molar-refractivity contribution in [1.29, 1.82) is 0 Å². The van der Waals surface area contributed by atoms with Crippen molar-refractivity contribution in [3.63, 3.8) is 0 Å². The minimum absolute atomic E-state index is 0.161. The van der Waals surface area contributed by atoms with Gasteiger partial charge in [-0.3, -0.25) is 4.79 Å². The van der Waals surface area contributed by atoms with Gasteiger partial charge in [-0.25, -0.2) is 4.79 Å². The predicted octanol–water partition coefficient (Wildman–Crippen LogP) is 4.83. The topological polar surface area (TPSA) is 67.2 Å². The minimum Gasteiger partial charge on any atom is -0.320 e. The Morgan fingerprint density at radius 3 is 2.12 bits per heavy atom. The van der Waals surface area contributed by atoms with Crippen LogP contribution in [0.1, 0.15) is 21.6 Å². The second-order valence-electron chi connectivity index (χ2n) is 7.69. The van der Waals surface area contributed by atoms with E-state index in [9.17, 15) is 9.59 Å². The molecule has 6 heteroatoms. The second-order valence-corrected chi connectivity index (χ2v) is 7.69. The molecule has 6 nitrogen and oxygen atoms in total. The van der Waals surface area contributed by atoms with Crippen LogP contribution in [0.5, 0.6) is 0 Å². The van der Waals surface area contributed by atoms with Crippen molar-refractivity contribution in [1.82, 2.24) is 14.7 Å². The Hall–Kier alpha value is -4.19. The number of carbonyl (C=O) groups excluding carboxylic acids is 2. The molecule has 0 fully saturated rings. The molecule has 158 valence electrons. The molecule has 0 saturated heterocycles. The highest BCUT2D eigenvalue weighted by Gasteiger charge is 2.30. The zero-order valence-corrected chi connectivity index (χ0v) is 17.4. The Bertz CT molecular complexity index is 1250. The molecule has 0 atom stereocenters.